The minimum Gasteiger partial charge on any atom is -0.308 e. The first kappa shape index (κ1) is 32.3. The number of aromatic nitrogens is 3. The Hall–Kier alpha value is -7.75. The molecule has 0 fully saturated rings. The molecular formula is C56H35N3. The number of fused-ring (bicyclic) bond motifs is 10. The zero-order valence-electron chi connectivity index (χ0n) is 32.0. The SMILES string of the molecule is c1ccc(-n2c(-c3ccc4c(c3)C(c3ccccc3)(c3ccccc3)c3cc(-c5ccc6c(c5)c5cccc7c8ccccc8n6c75)ccc3-4)nc3ccccc32)cc1. The number of nitrogens with zero attached hydrogens (tertiary/aromatic N) is 3. The van der Waals surface area contributed by atoms with Gasteiger partial charge < -0.3 is 4.40 Å². The van der Waals surface area contributed by atoms with Gasteiger partial charge in [0.1, 0.15) is 5.82 Å². The van der Waals surface area contributed by atoms with E-state index in [2.05, 4.69) is 221 Å². The van der Waals surface area contributed by atoms with Gasteiger partial charge in [0.15, 0.2) is 0 Å². The Kier molecular flexibility index (Phi) is 6.65. The van der Waals surface area contributed by atoms with Crippen LogP contribution in [0.2, 0.25) is 0 Å². The van der Waals surface area contributed by atoms with E-state index in [9.17, 15) is 0 Å². The standard InChI is InChI=1S/C56H35N3/c1-4-15-39(16-5-1)56(40-17-6-2-7-18-40)48-34-37(36-29-32-52-47(33-36)46-23-14-22-45-44-21-10-12-25-51(44)59(52)54(45)46)27-30-42(48)43-31-28-38(35-49(43)56)55-57-50-24-11-13-26-53(50)58(55)41-19-8-3-9-20-41/h1-35H. The molecule has 1 aliphatic carbocycles. The van der Waals surface area contributed by atoms with Crippen molar-refractivity contribution in [3.63, 3.8) is 0 Å². The van der Waals surface area contributed by atoms with Crippen LogP contribution < -0.4 is 0 Å². The highest BCUT2D eigenvalue weighted by Crippen LogP contribution is 2.57. The summed E-state index contributed by atoms with van der Waals surface area (Å²) in [5, 5.41) is 5.18. The fourth-order valence-electron chi connectivity index (χ4n) is 10.5. The number of para-hydroxylation sites is 5. The summed E-state index contributed by atoms with van der Waals surface area (Å²) in [6.45, 7) is 0. The normalized spacial score (nSPS) is 13.2. The highest BCUT2D eigenvalue weighted by Gasteiger charge is 2.46. The van der Waals surface area contributed by atoms with Crippen molar-refractivity contribution in [3.05, 3.63) is 235 Å². The van der Waals surface area contributed by atoms with Crippen LogP contribution in [0.25, 0.3) is 88.5 Å². The minimum atomic E-state index is -0.581. The molecule has 0 saturated heterocycles. The van der Waals surface area contributed by atoms with Crippen LogP contribution in [0.5, 0.6) is 0 Å². The molecule has 0 unspecified atom stereocenters. The van der Waals surface area contributed by atoms with Crippen LogP contribution >= 0.6 is 0 Å². The van der Waals surface area contributed by atoms with E-state index < -0.39 is 5.41 Å². The zero-order chi connectivity index (χ0) is 38.7. The third-order valence-electron chi connectivity index (χ3n) is 12.9. The van der Waals surface area contributed by atoms with E-state index in [1.165, 1.54) is 82.6 Å². The lowest BCUT2D eigenvalue weighted by molar-refractivity contribution is 0.769. The van der Waals surface area contributed by atoms with Crippen LogP contribution in [0.1, 0.15) is 22.3 Å². The molecule has 3 aromatic heterocycles. The zero-order valence-corrected chi connectivity index (χ0v) is 32.0. The Morgan fingerprint density at radius 3 is 1.63 bits per heavy atom. The van der Waals surface area contributed by atoms with Crippen LogP contribution in [0.15, 0.2) is 212 Å². The van der Waals surface area contributed by atoms with Gasteiger partial charge in [0.05, 0.1) is 33.0 Å². The monoisotopic (exact) mass is 749 g/mol. The molecule has 3 heterocycles. The first-order valence-corrected chi connectivity index (χ1v) is 20.4. The molecule has 0 atom stereocenters. The van der Waals surface area contributed by atoms with Crippen LogP contribution in [0, 0.1) is 0 Å². The maximum absolute atomic E-state index is 5.31. The molecular weight excluding hydrogens is 715 g/mol. The van der Waals surface area contributed by atoms with Gasteiger partial charge in [-0.3, -0.25) is 4.57 Å². The summed E-state index contributed by atoms with van der Waals surface area (Å²) in [7, 11) is 0. The second kappa shape index (κ2) is 12.1. The van der Waals surface area contributed by atoms with E-state index in [-0.39, 0.29) is 0 Å². The molecule has 59 heavy (non-hydrogen) atoms. The molecule has 3 nitrogen and oxygen atoms in total. The summed E-state index contributed by atoms with van der Waals surface area (Å²) in [6.07, 6.45) is 0. The minimum absolute atomic E-state index is 0.581. The first-order valence-electron chi connectivity index (χ1n) is 20.4. The van der Waals surface area contributed by atoms with Crippen molar-refractivity contribution in [1.82, 2.24) is 14.0 Å². The van der Waals surface area contributed by atoms with Crippen molar-refractivity contribution in [3.8, 4) is 39.3 Å². The molecule has 13 rings (SSSR count). The van der Waals surface area contributed by atoms with Gasteiger partial charge in [-0.05, 0) is 99.1 Å². The van der Waals surface area contributed by atoms with Crippen molar-refractivity contribution in [1.29, 1.82) is 0 Å². The molecule has 274 valence electrons. The largest absolute Gasteiger partial charge is 0.308 e. The predicted molar refractivity (Wildman–Crippen MR) is 244 cm³/mol. The molecule has 0 radical (unpaired) electrons. The fourth-order valence-corrected chi connectivity index (χ4v) is 10.5. The number of hydrogen-bond donors (Lipinski definition) is 0. The summed E-state index contributed by atoms with van der Waals surface area (Å²) >= 11 is 0. The van der Waals surface area contributed by atoms with E-state index >= 15 is 0 Å². The smallest absolute Gasteiger partial charge is 0.145 e. The average Bonchev–Trinajstić information content (AvgIpc) is 4.04. The molecule has 0 N–H and O–H groups in total. The maximum atomic E-state index is 5.31. The Bertz CT molecular complexity index is 3560. The van der Waals surface area contributed by atoms with Crippen LogP contribution in [-0.2, 0) is 5.41 Å². The van der Waals surface area contributed by atoms with Gasteiger partial charge in [-0.15, -0.1) is 0 Å². The molecule has 9 aromatic carbocycles. The van der Waals surface area contributed by atoms with Crippen molar-refractivity contribution in [2.24, 2.45) is 0 Å². The van der Waals surface area contributed by atoms with Gasteiger partial charge in [0.25, 0.3) is 0 Å². The van der Waals surface area contributed by atoms with Gasteiger partial charge in [-0.1, -0.05) is 158 Å². The van der Waals surface area contributed by atoms with Crippen molar-refractivity contribution < 1.29 is 0 Å². The lowest BCUT2D eigenvalue weighted by Crippen LogP contribution is -2.28. The summed E-state index contributed by atoms with van der Waals surface area (Å²) < 4.78 is 4.76. The van der Waals surface area contributed by atoms with Gasteiger partial charge in [0, 0.05) is 32.8 Å². The summed E-state index contributed by atoms with van der Waals surface area (Å²) in [6, 6.07) is 78.0. The van der Waals surface area contributed by atoms with Crippen molar-refractivity contribution in [2.45, 2.75) is 5.41 Å². The number of rotatable bonds is 5. The molecule has 0 saturated carbocycles. The van der Waals surface area contributed by atoms with Crippen LogP contribution in [0.3, 0.4) is 0 Å². The summed E-state index contributed by atoms with van der Waals surface area (Å²) in [5.74, 6) is 0.929. The van der Waals surface area contributed by atoms with E-state index in [4.69, 9.17) is 4.98 Å². The molecule has 1 aliphatic rings. The van der Waals surface area contributed by atoms with Crippen LogP contribution in [-0.4, -0.2) is 14.0 Å². The molecule has 3 heteroatoms. The number of hydrogen-bond acceptors (Lipinski definition) is 1. The van der Waals surface area contributed by atoms with Crippen molar-refractivity contribution >= 4 is 49.1 Å². The highest BCUT2D eigenvalue weighted by molar-refractivity contribution is 6.23. The highest BCUT2D eigenvalue weighted by atomic mass is 15.1. The lowest BCUT2D eigenvalue weighted by atomic mass is 9.67. The fraction of sp³-hybridized carbons (Fsp3) is 0.0179. The summed E-state index contributed by atoms with van der Waals surface area (Å²) in [4.78, 5) is 5.31. The lowest BCUT2D eigenvalue weighted by Gasteiger charge is -2.34. The molecule has 0 spiro atoms. The van der Waals surface area contributed by atoms with Crippen molar-refractivity contribution in [2.75, 3.05) is 0 Å². The first-order chi connectivity index (χ1) is 29.3. The second-order valence-corrected chi connectivity index (χ2v) is 15.9. The van der Waals surface area contributed by atoms with Gasteiger partial charge in [-0.25, -0.2) is 4.98 Å². The Morgan fingerprint density at radius 2 is 0.898 bits per heavy atom. The van der Waals surface area contributed by atoms with E-state index in [0.717, 1.165) is 28.1 Å². The van der Waals surface area contributed by atoms with E-state index in [1.54, 1.807) is 0 Å². The van der Waals surface area contributed by atoms with Gasteiger partial charge in [0.2, 0.25) is 0 Å². The quantitative estimate of drug-likeness (QED) is 0.172. The Labute approximate surface area is 341 Å². The third-order valence-corrected chi connectivity index (χ3v) is 12.9. The van der Waals surface area contributed by atoms with E-state index in [1.807, 2.05) is 0 Å². The Morgan fingerprint density at radius 1 is 0.373 bits per heavy atom. The number of imidazole rings is 1. The molecule has 0 aliphatic heterocycles. The van der Waals surface area contributed by atoms with E-state index in [0.29, 0.717) is 0 Å². The number of benzene rings is 9. The molecule has 12 aromatic rings. The average molecular weight is 750 g/mol. The molecule has 0 bridgehead atoms. The second-order valence-electron chi connectivity index (χ2n) is 15.9. The summed E-state index contributed by atoms with van der Waals surface area (Å²) in [5.41, 5.74) is 17.4. The van der Waals surface area contributed by atoms with Gasteiger partial charge >= 0.3 is 0 Å². The Balaban J connectivity index is 1.06. The predicted octanol–water partition coefficient (Wildman–Crippen LogP) is 13.9. The van der Waals surface area contributed by atoms with Gasteiger partial charge in [-0.2, -0.15) is 0 Å². The van der Waals surface area contributed by atoms with Crippen LogP contribution in [0.4, 0.5) is 0 Å². The molecule has 0 amide bonds. The maximum Gasteiger partial charge on any atom is 0.145 e. The topological polar surface area (TPSA) is 22.2 Å². The third kappa shape index (κ3) is 4.39.